The number of amides is 3. The Morgan fingerprint density at radius 1 is 1.17 bits per heavy atom. The molecule has 2 unspecified atom stereocenters. The minimum absolute atomic E-state index is 0.114. The van der Waals surface area contributed by atoms with Crippen molar-refractivity contribution in [2.75, 3.05) is 13.7 Å². The third kappa shape index (κ3) is 6.01. The first-order valence-corrected chi connectivity index (χ1v) is 12.5. The lowest BCUT2D eigenvalue weighted by Crippen LogP contribution is -2.53. The molecular weight excluding hydrogens is 523 g/mol. The number of H-pyrrole nitrogens is 1. The molecule has 1 saturated heterocycles. The zero-order valence-electron chi connectivity index (χ0n) is 19.3. The minimum Gasteiger partial charge on any atom is -0.467 e. The molecule has 4 rings (SSSR count). The van der Waals surface area contributed by atoms with Crippen molar-refractivity contribution in [3.8, 4) is 0 Å². The van der Waals surface area contributed by atoms with E-state index < -0.39 is 41.6 Å². The summed E-state index contributed by atoms with van der Waals surface area (Å²) in [5.74, 6) is -2.48. The standard InChI is InChI=1S/C24H28BrFN4O5/c1-35-24(34)19(10-13-3-2-8-27-21(13)31)30-22(32)17(9-12-4-5-12)29-23(33)18-11-14-16(26)7-6-15(25)20(14)28-18/h6-7,11-13,17,19,28H,2-5,8-10H2,1H3,(H,27,31)(H,29,33)(H,30,32)/t13-,17?,19?/m0/s1. The van der Waals surface area contributed by atoms with Gasteiger partial charge in [0.15, 0.2) is 0 Å². The first kappa shape index (κ1) is 25.2. The maximum Gasteiger partial charge on any atom is 0.328 e. The predicted molar refractivity (Wildman–Crippen MR) is 129 cm³/mol. The van der Waals surface area contributed by atoms with Crippen molar-refractivity contribution in [2.45, 2.75) is 50.6 Å². The van der Waals surface area contributed by atoms with Crippen molar-refractivity contribution in [1.82, 2.24) is 20.9 Å². The molecule has 11 heteroatoms. The SMILES string of the molecule is COC(=O)C(C[C@@H]1CCCNC1=O)NC(=O)C(CC1CC1)NC(=O)c1cc2c(F)ccc(Br)c2[nH]1. The number of fused-ring (bicyclic) bond motifs is 1. The smallest absolute Gasteiger partial charge is 0.328 e. The first-order chi connectivity index (χ1) is 16.8. The van der Waals surface area contributed by atoms with E-state index in [2.05, 4.69) is 36.9 Å². The van der Waals surface area contributed by atoms with E-state index in [0.29, 0.717) is 35.3 Å². The monoisotopic (exact) mass is 550 g/mol. The van der Waals surface area contributed by atoms with Gasteiger partial charge in [-0.15, -0.1) is 0 Å². The third-order valence-corrected chi connectivity index (χ3v) is 7.20. The van der Waals surface area contributed by atoms with E-state index in [-0.39, 0.29) is 23.4 Å². The predicted octanol–water partition coefficient (Wildman–Crippen LogP) is 2.54. The number of methoxy groups -OCH3 is 1. The Kier molecular flexibility index (Phi) is 7.73. The molecule has 1 aliphatic carbocycles. The van der Waals surface area contributed by atoms with Gasteiger partial charge in [-0.25, -0.2) is 9.18 Å². The van der Waals surface area contributed by atoms with Crippen LogP contribution >= 0.6 is 15.9 Å². The fourth-order valence-electron chi connectivity index (χ4n) is 4.40. The van der Waals surface area contributed by atoms with E-state index in [1.807, 2.05) is 0 Å². The molecule has 0 bridgehead atoms. The van der Waals surface area contributed by atoms with Crippen LogP contribution in [0.25, 0.3) is 10.9 Å². The lowest BCUT2D eigenvalue weighted by Gasteiger charge is -2.27. The second kappa shape index (κ2) is 10.8. The summed E-state index contributed by atoms with van der Waals surface area (Å²) in [6.07, 6.45) is 3.83. The second-order valence-electron chi connectivity index (χ2n) is 9.16. The number of aromatic nitrogens is 1. The Bertz CT molecular complexity index is 1110. The highest BCUT2D eigenvalue weighted by atomic mass is 79.9. The highest BCUT2D eigenvalue weighted by Gasteiger charge is 2.35. The summed E-state index contributed by atoms with van der Waals surface area (Å²) >= 11 is 3.33. The van der Waals surface area contributed by atoms with Gasteiger partial charge in [0, 0.05) is 22.3 Å². The van der Waals surface area contributed by atoms with Gasteiger partial charge in [0.25, 0.3) is 5.91 Å². The number of hydrogen-bond acceptors (Lipinski definition) is 5. The minimum atomic E-state index is -1.02. The molecule has 1 saturated carbocycles. The molecule has 0 radical (unpaired) electrons. The number of aromatic amines is 1. The van der Waals surface area contributed by atoms with Gasteiger partial charge >= 0.3 is 5.97 Å². The van der Waals surface area contributed by atoms with E-state index in [1.165, 1.54) is 19.2 Å². The molecule has 2 aromatic rings. The molecule has 1 aromatic heterocycles. The molecule has 188 valence electrons. The molecule has 0 spiro atoms. The molecule has 9 nitrogen and oxygen atoms in total. The molecule has 4 N–H and O–H groups in total. The van der Waals surface area contributed by atoms with Gasteiger partial charge in [0.2, 0.25) is 11.8 Å². The largest absolute Gasteiger partial charge is 0.467 e. The van der Waals surface area contributed by atoms with Crippen LogP contribution in [-0.2, 0) is 19.1 Å². The summed E-state index contributed by atoms with van der Waals surface area (Å²) in [7, 11) is 1.22. The van der Waals surface area contributed by atoms with Gasteiger partial charge in [0.05, 0.1) is 12.6 Å². The molecular formula is C24H28BrFN4O5. The Balaban J connectivity index is 1.48. The zero-order valence-corrected chi connectivity index (χ0v) is 20.9. The molecule has 1 aliphatic heterocycles. The van der Waals surface area contributed by atoms with Crippen molar-refractivity contribution in [1.29, 1.82) is 0 Å². The summed E-state index contributed by atoms with van der Waals surface area (Å²) in [4.78, 5) is 53.6. The summed E-state index contributed by atoms with van der Waals surface area (Å²) in [5, 5.41) is 8.44. The van der Waals surface area contributed by atoms with Crippen molar-refractivity contribution in [3.63, 3.8) is 0 Å². The van der Waals surface area contributed by atoms with Crippen molar-refractivity contribution >= 4 is 50.5 Å². The van der Waals surface area contributed by atoms with Crippen LogP contribution in [0.3, 0.4) is 0 Å². The van der Waals surface area contributed by atoms with Crippen LogP contribution in [0.5, 0.6) is 0 Å². The summed E-state index contributed by atoms with van der Waals surface area (Å²) in [5.41, 5.74) is 0.553. The molecule has 2 fully saturated rings. The molecule has 3 amide bonds. The zero-order chi connectivity index (χ0) is 25.1. The number of hydrogen-bond donors (Lipinski definition) is 4. The van der Waals surface area contributed by atoms with Crippen LogP contribution in [-0.4, -0.2) is 54.4 Å². The number of carbonyl (C=O) groups excluding carboxylic acids is 4. The highest BCUT2D eigenvalue weighted by molar-refractivity contribution is 9.10. The Morgan fingerprint density at radius 3 is 2.60 bits per heavy atom. The molecule has 35 heavy (non-hydrogen) atoms. The number of benzene rings is 1. The average Bonchev–Trinajstić information content (AvgIpc) is 3.54. The summed E-state index contributed by atoms with van der Waals surface area (Å²) < 4.78 is 19.6. The maximum absolute atomic E-state index is 14.2. The number of nitrogens with one attached hydrogen (secondary N) is 4. The van der Waals surface area contributed by atoms with Crippen LogP contribution in [0.2, 0.25) is 0 Å². The van der Waals surface area contributed by atoms with Crippen LogP contribution in [0, 0.1) is 17.7 Å². The number of esters is 1. The van der Waals surface area contributed by atoms with Crippen molar-refractivity contribution in [3.05, 3.63) is 34.2 Å². The van der Waals surface area contributed by atoms with E-state index >= 15 is 0 Å². The molecule has 2 aliphatic rings. The Labute approximate surface area is 210 Å². The van der Waals surface area contributed by atoms with Gasteiger partial charge in [-0.05, 0) is 65.7 Å². The molecule has 2 heterocycles. The molecule has 1 aromatic carbocycles. The van der Waals surface area contributed by atoms with E-state index in [0.717, 1.165) is 19.3 Å². The van der Waals surface area contributed by atoms with E-state index in [4.69, 9.17) is 4.74 Å². The van der Waals surface area contributed by atoms with E-state index in [9.17, 15) is 23.6 Å². The number of ether oxygens (including phenoxy) is 1. The quantitative estimate of drug-likeness (QED) is 0.356. The van der Waals surface area contributed by atoms with Crippen LogP contribution in [0.1, 0.15) is 49.0 Å². The number of piperidine rings is 1. The van der Waals surface area contributed by atoms with Gasteiger partial charge in [-0.1, -0.05) is 12.8 Å². The maximum atomic E-state index is 14.2. The summed E-state index contributed by atoms with van der Waals surface area (Å²) in [6.45, 7) is 0.592. The van der Waals surface area contributed by atoms with Gasteiger partial charge < -0.3 is 25.7 Å². The van der Waals surface area contributed by atoms with Crippen molar-refractivity contribution < 1.29 is 28.3 Å². The van der Waals surface area contributed by atoms with Gasteiger partial charge in [-0.2, -0.15) is 0 Å². The average molecular weight is 551 g/mol. The number of halogens is 2. The van der Waals surface area contributed by atoms with Gasteiger partial charge in [-0.3, -0.25) is 14.4 Å². The number of carbonyl (C=O) groups is 4. The van der Waals surface area contributed by atoms with Crippen LogP contribution in [0.4, 0.5) is 4.39 Å². The Hall–Kier alpha value is -2.95. The van der Waals surface area contributed by atoms with Crippen LogP contribution in [0.15, 0.2) is 22.7 Å². The number of rotatable bonds is 9. The van der Waals surface area contributed by atoms with Gasteiger partial charge in [0.1, 0.15) is 23.6 Å². The fourth-order valence-corrected chi connectivity index (χ4v) is 4.85. The fraction of sp³-hybridized carbons (Fsp3) is 0.500. The highest BCUT2D eigenvalue weighted by Crippen LogP contribution is 2.34. The summed E-state index contributed by atoms with van der Waals surface area (Å²) in [6, 6.07) is 2.32. The topological polar surface area (TPSA) is 129 Å². The third-order valence-electron chi connectivity index (χ3n) is 6.54. The Morgan fingerprint density at radius 2 is 1.94 bits per heavy atom. The first-order valence-electron chi connectivity index (χ1n) is 11.7. The van der Waals surface area contributed by atoms with Crippen molar-refractivity contribution in [2.24, 2.45) is 11.8 Å². The second-order valence-corrected chi connectivity index (χ2v) is 10.0. The molecule has 3 atom stereocenters. The normalized spacial score (nSPS) is 19.5. The lowest BCUT2D eigenvalue weighted by molar-refractivity contribution is -0.146. The van der Waals surface area contributed by atoms with E-state index in [1.54, 1.807) is 6.07 Å². The van der Waals surface area contributed by atoms with Crippen LogP contribution < -0.4 is 16.0 Å². The lowest BCUT2D eigenvalue weighted by atomic mass is 9.91.